The molecule has 2 aromatic carbocycles. The first-order chi connectivity index (χ1) is 23.8. The molecule has 1 aliphatic rings. The second-order valence-electron chi connectivity index (χ2n) is 13.0. The van der Waals surface area contributed by atoms with Gasteiger partial charge in [-0.2, -0.15) is 4.31 Å². The summed E-state index contributed by atoms with van der Waals surface area (Å²) in [6.07, 6.45) is 3.68. The number of carbonyl (C=O) groups excluding carboxylic acids is 3. The van der Waals surface area contributed by atoms with Gasteiger partial charge in [0.05, 0.1) is 29.8 Å². The van der Waals surface area contributed by atoms with Crippen molar-refractivity contribution in [3.63, 3.8) is 0 Å². The average Bonchev–Trinajstić information content (AvgIpc) is 3.36. The number of hydrogen-bond donors (Lipinski definition) is 3. The highest BCUT2D eigenvalue weighted by Crippen LogP contribution is 2.24. The van der Waals surface area contributed by atoms with Gasteiger partial charge in [-0.15, -0.1) is 0 Å². The summed E-state index contributed by atoms with van der Waals surface area (Å²) in [6, 6.07) is 15.9. The van der Waals surface area contributed by atoms with Gasteiger partial charge in [-0.25, -0.2) is 13.2 Å². The van der Waals surface area contributed by atoms with Gasteiger partial charge in [-0.05, 0) is 53.1 Å². The molecule has 1 aliphatic heterocycles. The lowest BCUT2D eigenvalue weighted by molar-refractivity contribution is -0.129. The number of nitrogens with zero attached hydrogens (tertiary/aromatic N) is 5. The van der Waals surface area contributed by atoms with Crippen molar-refractivity contribution in [1.82, 2.24) is 24.4 Å². The first-order valence-corrected chi connectivity index (χ1v) is 18.1. The Morgan fingerprint density at radius 1 is 1.02 bits per heavy atom. The van der Waals surface area contributed by atoms with Crippen molar-refractivity contribution in [1.29, 1.82) is 0 Å². The predicted molar refractivity (Wildman–Crippen MR) is 188 cm³/mol. The topological polar surface area (TPSA) is 173 Å². The van der Waals surface area contributed by atoms with Crippen LogP contribution >= 0.6 is 0 Å². The number of imide groups is 1. The fourth-order valence-corrected chi connectivity index (χ4v) is 7.53. The minimum atomic E-state index is -4.10. The van der Waals surface area contributed by atoms with Crippen LogP contribution in [0.25, 0.3) is 0 Å². The minimum absolute atomic E-state index is 0.00558. The number of sulfonamides is 1. The van der Waals surface area contributed by atoms with Crippen LogP contribution in [0.4, 0.5) is 4.79 Å². The monoisotopic (exact) mass is 706 g/mol. The molecule has 1 saturated heterocycles. The van der Waals surface area contributed by atoms with Crippen LogP contribution in [0.2, 0.25) is 0 Å². The van der Waals surface area contributed by atoms with Gasteiger partial charge in [0.1, 0.15) is 12.6 Å². The molecule has 1 aromatic heterocycles. The second-order valence-corrected chi connectivity index (χ2v) is 14.9. The highest BCUT2D eigenvalue weighted by atomic mass is 32.2. The van der Waals surface area contributed by atoms with Crippen LogP contribution in [-0.4, -0.2) is 99.7 Å². The first-order valence-electron chi connectivity index (χ1n) is 16.7. The summed E-state index contributed by atoms with van der Waals surface area (Å²) in [7, 11) is -4.10. The summed E-state index contributed by atoms with van der Waals surface area (Å²) in [5, 5.41) is 26.5. The van der Waals surface area contributed by atoms with E-state index in [1.54, 1.807) is 24.5 Å². The summed E-state index contributed by atoms with van der Waals surface area (Å²) in [4.78, 5) is 47.3. The molecule has 2 heterocycles. The van der Waals surface area contributed by atoms with E-state index in [-0.39, 0.29) is 49.3 Å². The fourth-order valence-electron chi connectivity index (χ4n) is 5.91. The largest absolute Gasteiger partial charge is 0.411 e. The molecule has 0 unspecified atom stereocenters. The van der Waals surface area contributed by atoms with Gasteiger partial charge in [-0.3, -0.25) is 19.5 Å². The molecule has 0 radical (unpaired) electrons. The van der Waals surface area contributed by atoms with Gasteiger partial charge in [0.25, 0.3) is 5.91 Å². The van der Waals surface area contributed by atoms with Crippen LogP contribution in [0.5, 0.6) is 0 Å². The maximum absolute atomic E-state index is 14.2. The molecular weight excluding hydrogens is 660 g/mol. The highest BCUT2D eigenvalue weighted by molar-refractivity contribution is 7.89. The molecule has 268 valence electrons. The zero-order chi connectivity index (χ0) is 36.4. The molecule has 50 heavy (non-hydrogen) atoms. The number of aromatic nitrogens is 1. The highest BCUT2D eigenvalue weighted by Gasteiger charge is 2.45. The number of pyridine rings is 1. The van der Waals surface area contributed by atoms with E-state index in [4.69, 9.17) is 5.21 Å². The Labute approximate surface area is 293 Å². The average molecular weight is 707 g/mol. The molecular formula is C36H46N6O7S. The number of aliphatic hydroxyl groups excluding tert-OH is 1. The number of amides is 4. The molecule has 0 bridgehead atoms. The van der Waals surface area contributed by atoms with Crippen molar-refractivity contribution in [3.05, 3.63) is 95.8 Å². The fraction of sp³-hybridized carbons (Fsp3) is 0.417. The van der Waals surface area contributed by atoms with Crippen molar-refractivity contribution >= 4 is 34.1 Å². The summed E-state index contributed by atoms with van der Waals surface area (Å²) < 4.78 is 28.9. The molecule has 1 fully saturated rings. The molecule has 0 saturated carbocycles. The van der Waals surface area contributed by atoms with Gasteiger partial charge in [0.15, 0.2) is 0 Å². The van der Waals surface area contributed by atoms with Crippen molar-refractivity contribution < 1.29 is 33.1 Å². The Bertz CT molecular complexity index is 1720. The van der Waals surface area contributed by atoms with Crippen molar-refractivity contribution in [2.45, 2.75) is 70.2 Å². The Balaban J connectivity index is 1.61. The number of carbonyl (C=O) groups is 3. The van der Waals surface area contributed by atoms with Crippen LogP contribution in [0.15, 0.2) is 89.2 Å². The molecule has 4 atom stereocenters. The van der Waals surface area contributed by atoms with Crippen LogP contribution in [-0.2, 0) is 32.6 Å². The molecule has 3 aromatic rings. The predicted octanol–water partition coefficient (Wildman–Crippen LogP) is 3.50. The number of hydrogen-bond acceptors (Lipinski definition) is 9. The third-order valence-electron chi connectivity index (χ3n) is 8.71. The summed E-state index contributed by atoms with van der Waals surface area (Å²) in [5.74, 6) is -1.44. The third-order valence-corrected chi connectivity index (χ3v) is 10.6. The first kappa shape index (κ1) is 38.1. The SMILES string of the molecule is CC[C@H](C)[C@@H](C(=O)N[C@@H](Cc1ccccc1)[C@H](O)CN(CC(C)C)S(=O)(=O)c1ccc(C=NO)cc1)N1CC(=O)N(Cc2cccnc2)C1=O. The Morgan fingerprint density at radius 3 is 2.30 bits per heavy atom. The zero-order valence-corrected chi connectivity index (χ0v) is 29.6. The number of aliphatic hydroxyl groups is 1. The van der Waals surface area contributed by atoms with Gasteiger partial charge in [0, 0.05) is 25.5 Å². The standard InChI is InChI=1S/C36H46N6O7S/c1-5-26(4)34(42-24-33(44)41(36(42)46)22-29-12-9-17-37-19-29)35(45)39-31(18-27-10-7-6-8-11-27)32(43)23-40(21-25(2)3)50(48,49)30-15-13-28(14-16-30)20-38-47/h6-17,19-20,25-26,31-32,34,43,47H,5,18,21-24H2,1-4H3,(H,39,45)/t26-,31-,32+,34-/m0/s1. The maximum atomic E-state index is 14.2. The summed E-state index contributed by atoms with van der Waals surface area (Å²) in [5.41, 5.74) is 1.97. The summed E-state index contributed by atoms with van der Waals surface area (Å²) >= 11 is 0. The van der Waals surface area contributed by atoms with E-state index < -0.39 is 46.1 Å². The van der Waals surface area contributed by atoms with E-state index in [2.05, 4.69) is 15.5 Å². The number of nitrogens with one attached hydrogen (secondary N) is 1. The van der Waals surface area contributed by atoms with E-state index in [0.717, 1.165) is 10.5 Å². The van der Waals surface area contributed by atoms with E-state index in [1.165, 1.54) is 39.7 Å². The minimum Gasteiger partial charge on any atom is -0.411 e. The smallest absolute Gasteiger partial charge is 0.328 e. The molecule has 0 spiro atoms. The zero-order valence-electron chi connectivity index (χ0n) is 28.8. The van der Waals surface area contributed by atoms with Crippen molar-refractivity contribution in [3.8, 4) is 0 Å². The lowest BCUT2D eigenvalue weighted by Crippen LogP contribution is -2.57. The van der Waals surface area contributed by atoms with E-state index in [1.807, 2.05) is 58.0 Å². The third kappa shape index (κ3) is 9.52. The van der Waals surface area contributed by atoms with Gasteiger partial charge in [0.2, 0.25) is 15.9 Å². The molecule has 3 N–H and O–H groups in total. The number of oxime groups is 1. The Morgan fingerprint density at radius 2 is 1.70 bits per heavy atom. The Kier molecular flexibility index (Phi) is 13.2. The number of rotatable bonds is 17. The summed E-state index contributed by atoms with van der Waals surface area (Å²) in [6.45, 7) is 6.94. The van der Waals surface area contributed by atoms with Crippen LogP contribution in [0, 0.1) is 11.8 Å². The molecule has 4 amide bonds. The van der Waals surface area contributed by atoms with Crippen LogP contribution in [0.1, 0.15) is 50.8 Å². The lowest BCUT2D eigenvalue weighted by atomic mass is 9.95. The number of benzene rings is 2. The van der Waals surface area contributed by atoms with Crippen molar-refractivity contribution in [2.24, 2.45) is 17.0 Å². The molecule has 14 heteroatoms. The molecule has 4 rings (SSSR count). The maximum Gasteiger partial charge on any atom is 0.328 e. The van der Waals surface area contributed by atoms with Crippen LogP contribution in [0.3, 0.4) is 0 Å². The van der Waals surface area contributed by atoms with E-state index >= 15 is 0 Å². The van der Waals surface area contributed by atoms with Gasteiger partial charge >= 0.3 is 6.03 Å². The normalized spacial score (nSPS) is 16.3. The van der Waals surface area contributed by atoms with Gasteiger partial charge < -0.3 is 20.5 Å². The molecule has 13 nitrogen and oxygen atoms in total. The quantitative estimate of drug-likeness (QED) is 0.0828. The van der Waals surface area contributed by atoms with Crippen molar-refractivity contribution in [2.75, 3.05) is 19.6 Å². The van der Waals surface area contributed by atoms with E-state index in [0.29, 0.717) is 17.5 Å². The molecule has 0 aliphatic carbocycles. The van der Waals surface area contributed by atoms with Crippen LogP contribution < -0.4 is 5.32 Å². The van der Waals surface area contributed by atoms with Gasteiger partial charge in [-0.1, -0.05) is 87.8 Å². The Hall–Kier alpha value is -4.66. The number of urea groups is 1. The second kappa shape index (κ2) is 17.3. The van der Waals surface area contributed by atoms with E-state index in [9.17, 15) is 27.9 Å². The lowest BCUT2D eigenvalue weighted by Gasteiger charge is -2.34.